The maximum Gasteiger partial charge on any atom is 0.293 e. The molecule has 0 spiro atoms. The Morgan fingerprint density at radius 2 is 1.96 bits per heavy atom. The molecule has 0 aliphatic carbocycles. The lowest BCUT2D eigenvalue weighted by atomic mass is 10.1. The van der Waals surface area contributed by atoms with E-state index in [0.29, 0.717) is 38.0 Å². The van der Waals surface area contributed by atoms with E-state index in [9.17, 15) is 9.59 Å². The number of hydrogen-bond donors (Lipinski definition) is 0. The molecule has 0 N–H and O–H groups in total. The van der Waals surface area contributed by atoms with E-state index in [1.165, 1.54) is 4.90 Å². The Labute approximate surface area is 180 Å². The highest BCUT2D eigenvalue weighted by atomic mass is 79.9. The Kier molecular flexibility index (Phi) is 6.69. The van der Waals surface area contributed by atoms with Gasteiger partial charge in [-0.25, -0.2) is 0 Å². The van der Waals surface area contributed by atoms with Crippen molar-refractivity contribution in [3.8, 4) is 11.5 Å². The summed E-state index contributed by atoms with van der Waals surface area (Å²) in [5.41, 5.74) is 1.57. The summed E-state index contributed by atoms with van der Waals surface area (Å²) < 4.78 is 12.0. The van der Waals surface area contributed by atoms with Gasteiger partial charge in [-0.15, -0.1) is 0 Å². The number of halogens is 2. The van der Waals surface area contributed by atoms with Gasteiger partial charge >= 0.3 is 0 Å². The number of carbonyl (C=O) groups is 2. The predicted molar refractivity (Wildman–Crippen MR) is 115 cm³/mol. The Bertz CT molecular complexity index is 963. The average Bonchev–Trinajstić information content (AvgIpc) is 2.95. The third-order valence-corrected chi connectivity index (χ3v) is 6.06. The molecule has 8 heteroatoms. The number of nitrogens with zero attached hydrogens (tertiary/aromatic N) is 1. The Morgan fingerprint density at radius 3 is 2.61 bits per heavy atom. The van der Waals surface area contributed by atoms with Gasteiger partial charge < -0.3 is 9.47 Å². The van der Waals surface area contributed by atoms with Crippen molar-refractivity contribution in [3.05, 3.63) is 61.9 Å². The minimum Gasteiger partial charge on any atom is -0.493 e. The minimum atomic E-state index is -0.289. The number of methoxy groups -OCH3 is 1. The largest absolute Gasteiger partial charge is 0.493 e. The molecular formula is C20H17BrClNO4S. The monoisotopic (exact) mass is 481 g/mol. The zero-order chi connectivity index (χ0) is 20.3. The molecule has 0 aromatic heterocycles. The third-order valence-electron chi connectivity index (χ3n) is 4.10. The first-order chi connectivity index (χ1) is 13.4. The predicted octanol–water partition coefficient (Wildman–Crippen LogP) is 5.75. The molecule has 0 saturated carbocycles. The maximum absolute atomic E-state index is 12.3. The van der Waals surface area contributed by atoms with E-state index in [1.54, 1.807) is 38.3 Å². The molecule has 2 aromatic rings. The smallest absolute Gasteiger partial charge is 0.293 e. The fourth-order valence-electron chi connectivity index (χ4n) is 2.62. The molecule has 28 heavy (non-hydrogen) atoms. The summed E-state index contributed by atoms with van der Waals surface area (Å²) in [5, 5.41) is 0.366. The quantitative estimate of drug-likeness (QED) is 0.491. The van der Waals surface area contributed by atoms with Crippen molar-refractivity contribution in [2.75, 3.05) is 13.7 Å². The molecule has 0 bridgehead atoms. The van der Waals surface area contributed by atoms with Crippen molar-refractivity contribution in [2.24, 2.45) is 0 Å². The van der Waals surface area contributed by atoms with E-state index in [-0.39, 0.29) is 17.8 Å². The first-order valence-electron chi connectivity index (χ1n) is 8.43. The number of benzene rings is 2. The van der Waals surface area contributed by atoms with Crippen molar-refractivity contribution in [3.63, 3.8) is 0 Å². The van der Waals surface area contributed by atoms with Crippen molar-refractivity contribution in [2.45, 2.75) is 13.5 Å². The molecule has 1 fully saturated rings. The van der Waals surface area contributed by atoms with E-state index in [0.717, 1.165) is 17.3 Å². The van der Waals surface area contributed by atoms with E-state index in [4.69, 9.17) is 21.1 Å². The first-order valence-corrected chi connectivity index (χ1v) is 10.4. The summed E-state index contributed by atoms with van der Waals surface area (Å²) >= 11 is 10.6. The van der Waals surface area contributed by atoms with E-state index >= 15 is 0 Å². The summed E-state index contributed by atoms with van der Waals surface area (Å²) in [6.45, 7) is 2.40. The van der Waals surface area contributed by atoms with Crippen LogP contribution in [0.25, 0.3) is 6.08 Å². The summed E-state index contributed by atoms with van der Waals surface area (Å²) in [6.07, 6.45) is 1.67. The Morgan fingerprint density at radius 1 is 1.21 bits per heavy atom. The van der Waals surface area contributed by atoms with Crippen LogP contribution in [0.4, 0.5) is 4.79 Å². The second-order valence-corrected chi connectivity index (χ2v) is 8.09. The van der Waals surface area contributed by atoms with E-state index in [1.807, 2.05) is 18.2 Å². The highest BCUT2D eigenvalue weighted by molar-refractivity contribution is 9.10. The molecule has 1 saturated heterocycles. The van der Waals surface area contributed by atoms with Gasteiger partial charge in [-0.3, -0.25) is 14.5 Å². The van der Waals surface area contributed by atoms with Crippen LogP contribution in [0.3, 0.4) is 0 Å². The molecule has 0 radical (unpaired) electrons. The van der Waals surface area contributed by atoms with Crippen LogP contribution in [0.1, 0.15) is 18.1 Å². The number of likely N-dealkylation sites (N-methyl/N-ethyl adjacent to an activating group) is 1. The van der Waals surface area contributed by atoms with Crippen molar-refractivity contribution in [1.29, 1.82) is 0 Å². The van der Waals surface area contributed by atoms with Crippen LogP contribution in [-0.4, -0.2) is 29.7 Å². The third kappa shape index (κ3) is 4.37. The number of amides is 2. The fraction of sp³-hybridized carbons (Fsp3) is 0.200. The van der Waals surface area contributed by atoms with Crippen LogP contribution < -0.4 is 9.47 Å². The number of hydrogen-bond acceptors (Lipinski definition) is 5. The van der Waals surface area contributed by atoms with Gasteiger partial charge in [0.2, 0.25) is 0 Å². The first kappa shape index (κ1) is 20.8. The van der Waals surface area contributed by atoms with E-state index < -0.39 is 0 Å². The van der Waals surface area contributed by atoms with Crippen LogP contribution >= 0.6 is 39.3 Å². The van der Waals surface area contributed by atoms with Crippen molar-refractivity contribution in [1.82, 2.24) is 4.90 Å². The van der Waals surface area contributed by atoms with Gasteiger partial charge in [0.1, 0.15) is 6.61 Å². The lowest BCUT2D eigenvalue weighted by Crippen LogP contribution is -2.27. The molecular weight excluding hydrogens is 466 g/mol. The number of carbonyl (C=O) groups excluding carboxylic acids is 2. The van der Waals surface area contributed by atoms with Crippen LogP contribution in [0.5, 0.6) is 11.5 Å². The topological polar surface area (TPSA) is 55.8 Å². The zero-order valence-corrected chi connectivity index (χ0v) is 18.4. The summed E-state index contributed by atoms with van der Waals surface area (Å²) in [5.74, 6) is 0.756. The van der Waals surface area contributed by atoms with E-state index in [2.05, 4.69) is 15.9 Å². The fourth-order valence-corrected chi connectivity index (χ4v) is 4.14. The summed E-state index contributed by atoms with van der Waals surface area (Å²) in [7, 11) is 1.54. The molecule has 0 unspecified atom stereocenters. The zero-order valence-electron chi connectivity index (χ0n) is 15.2. The lowest BCUT2D eigenvalue weighted by Gasteiger charge is -2.13. The normalized spacial score (nSPS) is 15.4. The second kappa shape index (κ2) is 9.03. The van der Waals surface area contributed by atoms with Gasteiger partial charge in [-0.1, -0.05) is 45.7 Å². The van der Waals surface area contributed by atoms with Crippen LogP contribution in [-0.2, 0) is 11.4 Å². The Balaban J connectivity index is 1.86. The van der Waals surface area contributed by atoms with Gasteiger partial charge in [0.05, 0.1) is 12.0 Å². The van der Waals surface area contributed by atoms with Gasteiger partial charge in [0.25, 0.3) is 11.1 Å². The van der Waals surface area contributed by atoms with Crippen LogP contribution in [0.2, 0.25) is 5.02 Å². The number of imide groups is 1. The molecule has 3 rings (SSSR count). The molecule has 1 aliphatic rings. The molecule has 2 aromatic carbocycles. The number of ether oxygens (including phenoxy) is 2. The van der Waals surface area contributed by atoms with Gasteiger partial charge in [0.15, 0.2) is 11.5 Å². The van der Waals surface area contributed by atoms with Gasteiger partial charge in [-0.05, 0) is 48.5 Å². The van der Waals surface area contributed by atoms with Crippen molar-refractivity contribution >= 4 is 56.5 Å². The molecule has 2 amide bonds. The highest BCUT2D eigenvalue weighted by Gasteiger charge is 2.33. The molecule has 1 aliphatic heterocycles. The Hall–Kier alpha value is -1.96. The summed E-state index contributed by atoms with van der Waals surface area (Å²) in [4.78, 5) is 25.8. The van der Waals surface area contributed by atoms with Gasteiger partial charge in [0, 0.05) is 21.6 Å². The molecule has 1 heterocycles. The average molecular weight is 483 g/mol. The lowest BCUT2D eigenvalue weighted by molar-refractivity contribution is -0.122. The molecule has 5 nitrogen and oxygen atoms in total. The highest BCUT2D eigenvalue weighted by Crippen LogP contribution is 2.38. The minimum absolute atomic E-state index is 0.262. The van der Waals surface area contributed by atoms with Crippen LogP contribution in [0, 0.1) is 0 Å². The molecule has 0 atom stereocenters. The second-order valence-electron chi connectivity index (χ2n) is 5.83. The molecule has 146 valence electrons. The van der Waals surface area contributed by atoms with Crippen molar-refractivity contribution < 1.29 is 19.1 Å². The SMILES string of the molecule is CCN1C(=O)S/C(=C\c2cc(OC)c(OCc3ccccc3Cl)cc2Br)C1=O. The number of rotatable bonds is 6. The van der Waals surface area contributed by atoms with Crippen LogP contribution in [0.15, 0.2) is 45.8 Å². The van der Waals surface area contributed by atoms with Gasteiger partial charge in [-0.2, -0.15) is 0 Å². The number of thioether (sulfide) groups is 1. The maximum atomic E-state index is 12.3. The standard InChI is InChI=1S/C20H17BrClNO4S/c1-3-23-19(24)18(28-20(23)25)9-13-8-16(26-2)17(10-14(13)21)27-11-12-6-4-5-7-15(12)22/h4-10H,3,11H2,1-2H3/b18-9-. The summed E-state index contributed by atoms with van der Waals surface area (Å²) in [6, 6.07) is 11.0.